The number of hydrogen-bond donors (Lipinski definition) is 2. The van der Waals surface area contributed by atoms with Crippen LogP contribution in [0.5, 0.6) is 5.75 Å². The van der Waals surface area contributed by atoms with E-state index in [9.17, 15) is 4.79 Å². The van der Waals surface area contributed by atoms with Crippen molar-refractivity contribution in [1.29, 1.82) is 0 Å². The van der Waals surface area contributed by atoms with Crippen molar-refractivity contribution >= 4 is 28.3 Å². The molecule has 2 aromatic heterocycles. The minimum Gasteiger partial charge on any atom is -0.497 e. The number of carbonyl (C=O) groups is 1. The molecular weight excluding hydrogens is 366 g/mol. The second-order valence-corrected chi connectivity index (χ2v) is 6.65. The Morgan fingerprint density at radius 2 is 2.03 bits per heavy atom. The molecule has 7 nitrogen and oxygen atoms in total. The molecule has 0 atom stereocenters. The van der Waals surface area contributed by atoms with Gasteiger partial charge in [0.05, 0.1) is 30.0 Å². The van der Waals surface area contributed by atoms with Gasteiger partial charge >= 0.3 is 0 Å². The third-order valence-corrected chi connectivity index (χ3v) is 4.59. The van der Waals surface area contributed by atoms with Gasteiger partial charge in [-0.2, -0.15) is 0 Å². The molecule has 0 radical (unpaired) electrons. The number of rotatable bonds is 6. The monoisotopic (exact) mass is 387 g/mol. The van der Waals surface area contributed by atoms with Gasteiger partial charge < -0.3 is 19.9 Å². The molecule has 0 aliphatic carbocycles. The predicted octanol–water partition coefficient (Wildman–Crippen LogP) is 3.65. The van der Waals surface area contributed by atoms with Gasteiger partial charge in [0, 0.05) is 43.4 Å². The van der Waals surface area contributed by atoms with E-state index in [2.05, 4.69) is 20.6 Å². The lowest BCUT2D eigenvalue weighted by Crippen LogP contribution is -2.23. The Labute approximate surface area is 168 Å². The highest BCUT2D eigenvalue weighted by atomic mass is 16.5. The van der Waals surface area contributed by atoms with Gasteiger partial charge in [0.1, 0.15) is 5.75 Å². The molecule has 0 aliphatic heterocycles. The number of anilines is 2. The molecule has 0 spiro atoms. The third kappa shape index (κ3) is 4.03. The Bertz CT molecular complexity index is 1150. The highest BCUT2D eigenvalue weighted by Crippen LogP contribution is 2.27. The molecule has 0 unspecified atom stereocenters. The maximum atomic E-state index is 13.0. The van der Waals surface area contributed by atoms with E-state index in [0.717, 1.165) is 33.7 Å². The van der Waals surface area contributed by atoms with Gasteiger partial charge in [0.2, 0.25) is 0 Å². The number of hydrogen-bond acceptors (Lipinski definition) is 5. The van der Waals surface area contributed by atoms with Crippen molar-refractivity contribution in [1.82, 2.24) is 19.9 Å². The van der Waals surface area contributed by atoms with Crippen LogP contribution in [0.4, 0.5) is 11.4 Å². The molecule has 146 valence electrons. The van der Waals surface area contributed by atoms with Crippen LogP contribution in [0.25, 0.3) is 11.0 Å². The highest BCUT2D eigenvalue weighted by molar-refractivity contribution is 6.06. The summed E-state index contributed by atoms with van der Waals surface area (Å²) < 4.78 is 7.13. The highest BCUT2D eigenvalue weighted by Gasteiger charge is 2.16. The molecule has 2 heterocycles. The van der Waals surface area contributed by atoms with E-state index in [0.29, 0.717) is 12.1 Å². The van der Waals surface area contributed by atoms with E-state index in [1.54, 1.807) is 25.8 Å². The lowest BCUT2D eigenvalue weighted by atomic mass is 10.1. The average Bonchev–Trinajstić information content (AvgIpc) is 3.13. The standard InChI is InChI=1S/C22H21N5O2/c1-27-14-25-20-11-17(26-16-6-3-7-18(9-16)29-2)10-19(21(20)27)22(28)24-13-15-5-4-8-23-12-15/h3-12,14,26H,13H2,1-2H3,(H,24,28). The summed E-state index contributed by atoms with van der Waals surface area (Å²) in [5, 5.41) is 6.30. The van der Waals surface area contributed by atoms with Crippen LogP contribution < -0.4 is 15.4 Å². The molecule has 2 aromatic carbocycles. The summed E-state index contributed by atoms with van der Waals surface area (Å²) in [6.07, 6.45) is 5.15. The Balaban J connectivity index is 1.64. The zero-order chi connectivity index (χ0) is 20.2. The summed E-state index contributed by atoms with van der Waals surface area (Å²) in [6.45, 7) is 0.402. The van der Waals surface area contributed by atoms with E-state index in [4.69, 9.17) is 4.74 Å². The number of pyridine rings is 1. The molecule has 0 aliphatic rings. The van der Waals surface area contributed by atoms with Crippen LogP contribution in [0.2, 0.25) is 0 Å². The zero-order valence-corrected chi connectivity index (χ0v) is 16.2. The first-order valence-corrected chi connectivity index (χ1v) is 9.17. The average molecular weight is 387 g/mol. The van der Waals surface area contributed by atoms with Crippen LogP contribution in [0.3, 0.4) is 0 Å². The Morgan fingerprint density at radius 3 is 2.83 bits per heavy atom. The predicted molar refractivity (Wildman–Crippen MR) is 112 cm³/mol. The smallest absolute Gasteiger partial charge is 0.253 e. The van der Waals surface area contributed by atoms with E-state index < -0.39 is 0 Å². The second kappa shape index (κ2) is 8.02. The lowest BCUT2D eigenvalue weighted by Gasteiger charge is -2.12. The molecule has 0 saturated heterocycles. The van der Waals surface area contributed by atoms with Crippen LogP contribution in [-0.4, -0.2) is 27.6 Å². The Kier molecular flexibility index (Phi) is 5.11. The minimum absolute atomic E-state index is 0.170. The zero-order valence-electron chi connectivity index (χ0n) is 16.2. The first-order valence-electron chi connectivity index (χ1n) is 9.17. The summed E-state index contributed by atoms with van der Waals surface area (Å²) in [6, 6.07) is 15.1. The Hall–Kier alpha value is -3.87. The molecule has 1 amide bonds. The van der Waals surface area contributed by atoms with E-state index in [1.165, 1.54) is 0 Å². The van der Waals surface area contributed by atoms with Crippen LogP contribution in [-0.2, 0) is 13.6 Å². The molecule has 4 rings (SSSR count). The molecule has 2 N–H and O–H groups in total. The molecule has 7 heteroatoms. The normalized spacial score (nSPS) is 10.7. The first-order chi connectivity index (χ1) is 14.1. The van der Waals surface area contributed by atoms with Crippen molar-refractivity contribution in [2.45, 2.75) is 6.54 Å². The number of amides is 1. The molecule has 29 heavy (non-hydrogen) atoms. The molecule has 0 fully saturated rings. The molecule has 0 bridgehead atoms. The van der Waals surface area contributed by atoms with Crippen molar-refractivity contribution in [3.63, 3.8) is 0 Å². The summed E-state index contributed by atoms with van der Waals surface area (Å²) in [5.41, 5.74) is 4.65. The van der Waals surface area contributed by atoms with Crippen LogP contribution in [0, 0.1) is 0 Å². The van der Waals surface area contributed by atoms with Crippen molar-refractivity contribution in [2.24, 2.45) is 7.05 Å². The van der Waals surface area contributed by atoms with Gasteiger partial charge in [-0.3, -0.25) is 9.78 Å². The quantitative estimate of drug-likeness (QED) is 0.528. The number of carbonyl (C=O) groups excluding carboxylic acids is 1. The second-order valence-electron chi connectivity index (χ2n) is 6.65. The van der Waals surface area contributed by atoms with Crippen molar-refractivity contribution in [2.75, 3.05) is 12.4 Å². The van der Waals surface area contributed by atoms with Gasteiger partial charge in [-0.05, 0) is 35.9 Å². The number of benzene rings is 2. The number of nitrogens with one attached hydrogen (secondary N) is 2. The van der Waals surface area contributed by atoms with Gasteiger partial charge in [-0.15, -0.1) is 0 Å². The molecule has 4 aromatic rings. The van der Waals surface area contributed by atoms with Crippen molar-refractivity contribution in [3.05, 3.63) is 78.4 Å². The van der Waals surface area contributed by atoms with Crippen LogP contribution in [0.1, 0.15) is 15.9 Å². The van der Waals surface area contributed by atoms with Crippen LogP contribution in [0.15, 0.2) is 67.3 Å². The summed E-state index contributed by atoms with van der Waals surface area (Å²) in [4.78, 5) is 21.5. The number of fused-ring (bicyclic) bond motifs is 1. The summed E-state index contributed by atoms with van der Waals surface area (Å²) >= 11 is 0. The van der Waals surface area contributed by atoms with Gasteiger partial charge in [0.15, 0.2) is 0 Å². The third-order valence-electron chi connectivity index (χ3n) is 4.59. The largest absolute Gasteiger partial charge is 0.497 e. The Morgan fingerprint density at radius 1 is 1.14 bits per heavy atom. The minimum atomic E-state index is -0.170. The number of nitrogens with zero attached hydrogens (tertiary/aromatic N) is 3. The van der Waals surface area contributed by atoms with Crippen molar-refractivity contribution < 1.29 is 9.53 Å². The van der Waals surface area contributed by atoms with E-state index in [-0.39, 0.29) is 5.91 Å². The lowest BCUT2D eigenvalue weighted by molar-refractivity contribution is 0.0952. The summed E-state index contributed by atoms with van der Waals surface area (Å²) in [7, 11) is 3.51. The van der Waals surface area contributed by atoms with Gasteiger partial charge in [-0.1, -0.05) is 12.1 Å². The van der Waals surface area contributed by atoms with Crippen molar-refractivity contribution in [3.8, 4) is 5.75 Å². The number of imidazole rings is 1. The number of aryl methyl sites for hydroxylation is 1. The van der Waals surface area contributed by atoms with Crippen LogP contribution >= 0.6 is 0 Å². The molecule has 0 saturated carbocycles. The number of aromatic nitrogens is 3. The van der Waals surface area contributed by atoms with E-state index in [1.807, 2.05) is 60.1 Å². The fraction of sp³-hybridized carbons (Fsp3) is 0.136. The first kappa shape index (κ1) is 18.5. The fourth-order valence-electron chi connectivity index (χ4n) is 3.19. The summed E-state index contributed by atoms with van der Waals surface area (Å²) in [5.74, 6) is 0.583. The fourth-order valence-corrected chi connectivity index (χ4v) is 3.19. The SMILES string of the molecule is COc1cccc(Nc2cc(C(=O)NCc3cccnc3)c3c(c2)ncn3C)c1. The van der Waals surface area contributed by atoms with Gasteiger partial charge in [-0.25, -0.2) is 4.98 Å². The topological polar surface area (TPSA) is 81.1 Å². The number of methoxy groups -OCH3 is 1. The maximum absolute atomic E-state index is 13.0. The van der Waals surface area contributed by atoms with E-state index >= 15 is 0 Å². The maximum Gasteiger partial charge on any atom is 0.253 e. The van der Waals surface area contributed by atoms with Gasteiger partial charge in [0.25, 0.3) is 5.91 Å². The number of ether oxygens (including phenoxy) is 1. The molecular formula is C22H21N5O2.